The van der Waals surface area contributed by atoms with E-state index >= 15 is 0 Å². The molecule has 0 radical (unpaired) electrons. The second kappa shape index (κ2) is 20.2. The number of ether oxygens (including phenoxy) is 1. The first-order chi connectivity index (χ1) is 19.6. The summed E-state index contributed by atoms with van der Waals surface area (Å²) in [5.74, 6) is 0. The third kappa shape index (κ3) is 13.0. The van der Waals surface area contributed by atoms with Crippen LogP contribution in [0.15, 0.2) is 52.3 Å². The summed E-state index contributed by atoms with van der Waals surface area (Å²) in [6, 6.07) is 13.1. The Labute approximate surface area is 274 Å². The number of aliphatic hydroxyl groups excluding tert-OH is 4. The Hall–Kier alpha value is -0.848. The van der Waals surface area contributed by atoms with Gasteiger partial charge in [-0.3, -0.25) is 0 Å². The number of likely N-dealkylation sites (N-methyl/N-ethyl adjacent to an activating group) is 1. The summed E-state index contributed by atoms with van der Waals surface area (Å²) in [6.45, 7) is 8.56. The van der Waals surface area contributed by atoms with E-state index in [2.05, 4.69) is 16.7 Å². The minimum atomic E-state index is -4.42. The topological polar surface area (TPSA) is 120 Å². The van der Waals surface area contributed by atoms with Crippen molar-refractivity contribution in [2.75, 3.05) is 39.3 Å². The van der Waals surface area contributed by atoms with Crippen LogP contribution in [0.2, 0.25) is 0 Å². The van der Waals surface area contributed by atoms with E-state index in [4.69, 9.17) is 4.74 Å². The first kappa shape index (κ1) is 39.2. The summed E-state index contributed by atoms with van der Waals surface area (Å²) < 4.78 is 44.1. The third-order valence-corrected chi connectivity index (χ3v) is 7.47. The molecule has 2 aromatic carbocycles. The van der Waals surface area contributed by atoms with E-state index in [9.17, 15) is 33.6 Å². The second-order valence-electron chi connectivity index (χ2n) is 9.32. The predicted molar refractivity (Wildman–Crippen MR) is 153 cm³/mol. The molecular weight excluding hydrogens is 797 g/mol. The SMILES string of the molecule is CC.CCN(CCNCC[C@@H]1CC(O)[C@H](O)C(CO)O1)CC(O)[N-]c1ccccc1Sc1[c-]cc(C(F)(F)F)cc1.[U+2]. The maximum Gasteiger partial charge on any atom is 2.00 e. The Balaban J connectivity index is 0.00000288. The average Bonchev–Trinajstić information content (AvgIpc) is 2.95. The summed E-state index contributed by atoms with van der Waals surface area (Å²) in [6.07, 6.45) is -7.52. The smallest absolute Gasteiger partial charge is 0.658 e. The molecule has 0 spiro atoms. The zero-order valence-electron chi connectivity index (χ0n) is 24.2. The molecule has 3 rings (SSSR count). The standard InChI is InChI=1S/C27H36F3N3O5S.C2H6.U/c1-2-33(14-13-31-12-11-19-15-22(35)26(37)23(17-34)38-19)16-25(36)32-21-5-3-4-6-24(21)39-20-9-7-18(8-10-20)27(28,29)30;1-2;/h3-9,19,22-23,25-26,31,34-37H,2,11-17H2,1H3;1-2H3;/q-2;;+2/t19-,22?,23?,25?,26+;;/m1../s1. The molecule has 2 aromatic rings. The van der Waals surface area contributed by atoms with E-state index in [1.54, 1.807) is 24.3 Å². The van der Waals surface area contributed by atoms with Crippen LogP contribution in [0.25, 0.3) is 5.32 Å². The Bertz CT molecular complexity index is 1010. The van der Waals surface area contributed by atoms with Crippen molar-refractivity contribution in [3.8, 4) is 0 Å². The van der Waals surface area contributed by atoms with E-state index < -0.39 is 36.3 Å². The fourth-order valence-corrected chi connectivity index (χ4v) is 5.09. The maximum absolute atomic E-state index is 12.8. The fraction of sp³-hybridized carbons (Fsp3) is 0.586. The summed E-state index contributed by atoms with van der Waals surface area (Å²) in [7, 11) is 0. The van der Waals surface area contributed by atoms with Crippen molar-refractivity contribution in [1.82, 2.24) is 10.2 Å². The van der Waals surface area contributed by atoms with Crippen LogP contribution in [-0.4, -0.2) is 95.3 Å². The second-order valence-corrected chi connectivity index (χ2v) is 10.4. The van der Waals surface area contributed by atoms with Crippen LogP contribution in [0.1, 0.15) is 39.2 Å². The van der Waals surface area contributed by atoms with Gasteiger partial charge in [-0.25, -0.2) is 0 Å². The molecule has 0 aliphatic carbocycles. The van der Waals surface area contributed by atoms with Crippen LogP contribution in [0.3, 0.4) is 0 Å². The van der Waals surface area contributed by atoms with Crippen LogP contribution in [0.4, 0.5) is 18.9 Å². The summed E-state index contributed by atoms with van der Waals surface area (Å²) in [5, 5.41) is 47.4. The quantitative estimate of drug-likeness (QED) is 0.142. The normalized spacial score (nSPS) is 21.2. The molecule has 1 saturated heterocycles. The van der Waals surface area contributed by atoms with Gasteiger partial charge >= 0.3 is 37.3 Å². The van der Waals surface area contributed by atoms with Gasteiger partial charge in [0.2, 0.25) is 0 Å². The molecule has 1 aliphatic rings. The van der Waals surface area contributed by atoms with Crippen molar-refractivity contribution in [1.29, 1.82) is 0 Å². The number of nitrogens with zero attached hydrogens (tertiary/aromatic N) is 2. The van der Waals surface area contributed by atoms with Crippen molar-refractivity contribution < 1.29 is 69.4 Å². The average molecular weight is 840 g/mol. The molecule has 0 aromatic heterocycles. The molecule has 5 N–H and O–H groups in total. The minimum Gasteiger partial charge on any atom is -0.658 e. The summed E-state index contributed by atoms with van der Waals surface area (Å²) in [4.78, 5) is 3.25. The molecule has 5 atom stereocenters. The van der Waals surface area contributed by atoms with Gasteiger partial charge in [-0.2, -0.15) is 37.4 Å². The van der Waals surface area contributed by atoms with Crippen LogP contribution in [-0.2, 0) is 10.9 Å². The molecule has 0 bridgehead atoms. The molecule has 13 heteroatoms. The number of rotatable bonds is 14. The van der Waals surface area contributed by atoms with Gasteiger partial charge in [0.25, 0.3) is 0 Å². The first-order valence-corrected chi connectivity index (χ1v) is 14.7. The van der Waals surface area contributed by atoms with E-state index in [1.165, 1.54) is 17.8 Å². The number of nitrogens with one attached hydrogen (secondary N) is 1. The van der Waals surface area contributed by atoms with E-state index in [1.807, 2.05) is 25.7 Å². The summed E-state index contributed by atoms with van der Waals surface area (Å²) >= 11 is 1.23. The Morgan fingerprint density at radius 3 is 2.50 bits per heavy atom. The minimum absolute atomic E-state index is 0. The monoisotopic (exact) mass is 839 g/mol. The van der Waals surface area contributed by atoms with E-state index in [0.29, 0.717) is 61.0 Å². The van der Waals surface area contributed by atoms with Crippen LogP contribution in [0.5, 0.6) is 0 Å². The molecular formula is C29H42F3N3O5SU. The zero-order valence-corrected chi connectivity index (χ0v) is 29.2. The number of halogens is 3. The Morgan fingerprint density at radius 1 is 1.17 bits per heavy atom. The van der Waals surface area contributed by atoms with Crippen molar-refractivity contribution in [3.05, 3.63) is 59.4 Å². The van der Waals surface area contributed by atoms with Gasteiger partial charge in [0.05, 0.1) is 18.8 Å². The van der Waals surface area contributed by atoms with Gasteiger partial charge in [-0.15, -0.1) is 22.3 Å². The predicted octanol–water partition coefficient (Wildman–Crippen LogP) is 4.18. The number of para-hydroxylation sites is 1. The van der Waals surface area contributed by atoms with E-state index in [-0.39, 0.29) is 43.8 Å². The number of benzene rings is 2. The zero-order chi connectivity index (χ0) is 30.4. The number of hydrogen-bond acceptors (Lipinski definition) is 8. The molecule has 3 unspecified atom stereocenters. The van der Waals surface area contributed by atoms with Gasteiger partial charge in [-0.1, -0.05) is 44.5 Å². The largest absolute Gasteiger partial charge is 2.00 e. The van der Waals surface area contributed by atoms with Gasteiger partial charge in [0.15, 0.2) is 0 Å². The first-order valence-electron chi connectivity index (χ1n) is 13.9. The van der Waals surface area contributed by atoms with Crippen LogP contribution in [0, 0.1) is 37.2 Å². The van der Waals surface area contributed by atoms with Gasteiger partial charge in [0, 0.05) is 26.1 Å². The van der Waals surface area contributed by atoms with Crippen LogP contribution < -0.4 is 5.32 Å². The number of alkyl halides is 3. The Kier molecular flexibility index (Phi) is 18.9. The molecule has 42 heavy (non-hydrogen) atoms. The fourth-order valence-electron chi connectivity index (χ4n) is 4.23. The van der Waals surface area contributed by atoms with Crippen LogP contribution >= 0.6 is 11.8 Å². The van der Waals surface area contributed by atoms with Crippen molar-refractivity contribution >= 4 is 17.4 Å². The van der Waals surface area contributed by atoms with Crippen molar-refractivity contribution in [2.45, 2.75) is 80.2 Å². The van der Waals surface area contributed by atoms with E-state index in [0.717, 1.165) is 12.1 Å². The van der Waals surface area contributed by atoms with Gasteiger partial charge in [-0.05, 0) is 36.7 Å². The van der Waals surface area contributed by atoms with Gasteiger partial charge < -0.3 is 40.7 Å². The molecule has 0 amide bonds. The molecule has 1 fully saturated rings. The summed E-state index contributed by atoms with van der Waals surface area (Å²) in [5.41, 5.74) is -0.218. The number of hydrogen-bond donors (Lipinski definition) is 5. The molecule has 1 heterocycles. The molecule has 0 saturated carbocycles. The van der Waals surface area contributed by atoms with Crippen molar-refractivity contribution in [2.24, 2.45) is 0 Å². The maximum atomic E-state index is 12.8. The number of aliphatic hydroxyl groups is 4. The Morgan fingerprint density at radius 2 is 1.88 bits per heavy atom. The van der Waals surface area contributed by atoms with Crippen molar-refractivity contribution in [3.63, 3.8) is 0 Å². The third-order valence-electron chi connectivity index (χ3n) is 6.43. The molecule has 1 aliphatic heterocycles. The molecule has 234 valence electrons. The molecule has 8 nitrogen and oxygen atoms in total. The van der Waals surface area contributed by atoms with Gasteiger partial charge in [0.1, 0.15) is 12.2 Å².